The van der Waals surface area contributed by atoms with Gasteiger partial charge in [0.1, 0.15) is 6.04 Å². The van der Waals surface area contributed by atoms with Crippen LogP contribution >= 0.6 is 0 Å². The van der Waals surface area contributed by atoms with Crippen molar-refractivity contribution >= 4 is 11.9 Å². The van der Waals surface area contributed by atoms with E-state index in [1.165, 1.54) is 0 Å². The third-order valence-electron chi connectivity index (χ3n) is 5.86. The third kappa shape index (κ3) is 4.85. The topological polar surface area (TPSA) is 60.9 Å². The Labute approximate surface area is 172 Å². The Kier molecular flexibility index (Phi) is 7.04. The minimum absolute atomic E-state index is 0.133. The predicted octanol–water partition coefficient (Wildman–Crippen LogP) is 3.60. The van der Waals surface area contributed by atoms with Gasteiger partial charge in [0.25, 0.3) is 0 Å². The van der Waals surface area contributed by atoms with Crippen molar-refractivity contribution < 1.29 is 14.7 Å². The molecule has 1 fully saturated rings. The molecular formula is C24H30N2O3. The van der Waals surface area contributed by atoms with Crippen molar-refractivity contribution in [3.05, 3.63) is 71.8 Å². The molecule has 154 valence electrons. The second-order valence-corrected chi connectivity index (χ2v) is 7.80. The zero-order chi connectivity index (χ0) is 20.8. The molecule has 2 aromatic carbocycles. The summed E-state index contributed by atoms with van der Waals surface area (Å²) in [5.74, 6) is -1.55. The molecule has 1 N–H and O–H groups in total. The lowest BCUT2D eigenvalue weighted by molar-refractivity contribution is -0.153. The van der Waals surface area contributed by atoms with Crippen molar-refractivity contribution in [1.82, 2.24) is 9.80 Å². The summed E-state index contributed by atoms with van der Waals surface area (Å²) >= 11 is 0. The van der Waals surface area contributed by atoms with Gasteiger partial charge in [-0.3, -0.25) is 4.79 Å². The number of rotatable bonds is 7. The van der Waals surface area contributed by atoms with E-state index in [-0.39, 0.29) is 11.9 Å². The Morgan fingerprint density at radius 3 is 2.10 bits per heavy atom. The van der Waals surface area contributed by atoms with Crippen LogP contribution in [0.3, 0.4) is 0 Å². The van der Waals surface area contributed by atoms with Crippen LogP contribution in [0, 0.1) is 0 Å². The molecule has 5 nitrogen and oxygen atoms in total. The maximum absolute atomic E-state index is 13.7. The number of carboxylic acid groups (broad SMARTS) is 1. The minimum Gasteiger partial charge on any atom is -0.480 e. The molecule has 0 aliphatic carbocycles. The van der Waals surface area contributed by atoms with Crippen molar-refractivity contribution in [2.24, 2.45) is 0 Å². The van der Waals surface area contributed by atoms with E-state index in [4.69, 9.17) is 0 Å². The summed E-state index contributed by atoms with van der Waals surface area (Å²) in [6, 6.07) is 18.6. The molecule has 0 bridgehead atoms. The van der Waals surface area contributed by atoms with E-state index in [9.17, 15) is 14.7 Å². The van der Waals surface area contributed by atoms with Crippen molar-refractivity contribution in [1.29, 1.82) is 0 Å². The Bertz CT molecular complexity index is 770. The number of amides is 1. The Balaban J connectivity index is 1.90. The summed E-state index contributed by atoms with van der Waals surface area (Å²) in [5, 5.41) is 9.90. The minimum atomic E-state index is -0.923. The van der Waals surface area contributed by atoms with E-state index in [1.807, 2.05) is 67.7 Å². The van der Waals surface area contributed by atoms with Gasteiger partial charge in [0, 0.05) is 12.6 Å². The first-order valence-electron chi connectivity index (χ1n) is 10.4. The number of carbonyl (C=O) groups is 2. The van der Waals surface area contributed by atoms with Crippen LogP contribution in [0.1, 0.15) is 43.2 Å². The fourth-order valence-corrected chi connectivity index (χ4v) is 4.31. The molecule has 1 saturated heterocycles. The average Bonchev–Trinajstić information content (AvgIpc) is 2.75. The summed E-state index contributed by atoms with van der Waals surface area (Å²) in [6.45, 7) is 3.51. The summed E-state index contributed by atoms with van der Waals surface area (Å²) in [4.78, 5) is 29.6. The smallest absolute Gasteiger partial charge is 0.326 e. The first-order valence-corrected chi connectivity index (χ1v) is 10.4. The third-order valence-corrected chi connectivity index (χ3v) is 5.86. The van der Waals surface area contributed by atoms with Gasteiger partial charge < -0.3 is 14.9 Å². The lowest BCUT2D eigenvalue weighted by Gasteiger charge is -2.42. The molecule has 29 heavy (non-hydrogen) atoms. The summed E-state index contributed by atoms with van der Waals surface area (Å²) in [6.07, 6.45) is 2.29. The Morgan fingerprint density at radius 1 is 1.07 bits per heavy atom. The van der Waals surface area contributed by atoms with E-state index in [0.717, 1.165) is 30.5 Å². The highest BCUT2D eigenvalue weighted by Crippen LogP contribution is 2.31. The number of carbonyl (C=O) groups excluding carboxylic acids is 1. The molecule has 1 aliphatic heterocycles. The van der Waals surface area contributed by atoms with E-state index in [1.54, 1.807) is 4.90 Å². The summed E-state index contributed by atoms with van der Waals surface area (Å²) < 4.78 is 0. The van der Waals surface area contributed by atoms with Gasteiger partial charge in [-0.15, -0.1) is 0 Å². The highest BCUT2D eigenvalue weighted by Gasteiger charge is 2.40. The number of hydrogen-bond acceptors (Lipinski definition) is 3. The first-order chi connectivity index (χ1) is 14.0. The number of carboxylic acids is 1. The van der Waals surface area contributed by atoms with Gasteiger partial charge >= 0.3 is 5.97 Å². The lowest BCUT2D eigenvalue weighted by Crippen LogP contribution is -2.55. The fourth-order valence-electron chi connectivity index (χ4n) is 4.31. The number of benzene rings is 2. The van der Waals surface area contributed by atoms with Crippen LogP contribution in [-0.2, 0) is 9.59 Å². The van der Waals surface area contributed by atoms with Crippen molar-refractivity contribution in [2.45, 2.75) is 44.2 Å². The molecule has 0 spiro atoms. The molecule has 0 aromatic heterocycles. The highest BCUT2D eigenvalue weighted by atomic mass is 16.4. The van der Waals surface area contributed by atoms with E-state index < -0.39 is 17.9 Å². The molecule has 2 atom stereocenters. The SMILES string of the molecule is CCCN(C)[C@@H]1CCN(C(=O)C(c2ccccc2)c2ccccc2)[C@H](C(=O)O)C1. The number of nitrogens with zero attached hydrogens (tertiary/aromatic N) is 2. The van der Waals surface area contributed by atoms with Crippen LogP contribution in [0.25, 0.3) is 0 Å². The lowest BCUT2D eigenvalue weighted by atomic mass is 9.87. The van der Waals surface area contributed by atoms with Crippen LogP contribution in [-0.4, -0.2) is 59.0 Å². The molecular weight excluding hydrogens is 364 g/mol. The largest absolute Gasteiger partial charge is 0.480 e. The van der Waals surface area contributed by atoms with Gasteiger partial charge in [-0.2, -0.15) is 0 Å². The van der Waals surface area contributed by atoms with Crippen LogP contribution in [0.4, 0.5) is 0 Å². The van der Waals surface area contributed by atoms with Gasteiger partial charge in [-0.25, -0.2) is 4.79 Å². The zero-order valence-corrected chi connectivity index (χ0v) is 17.2. The van der Waals surface area contributed by atoms with E-state index in [0.29, 0.717) is 13.0 Å². The van der Waals surface area contributed by atoms with E-state index >= 15 is 0 Å². The molecule has 5 heteroatoms. The summed E-state index contributed by atoms with van der Waals surface area (Å²) in [5.41, 5.74) is 1.77. The first kappa shape index (κ1) is 21.1. The maximum Gasteiger partial charge on any atom is 0.326 e. The number of hydrogen-bond donors (Lipinski definition) is 1. The average molecular weight is 395 g/mol. The van der Waals surface area contributed by atoms with Gasteiger partial charge in [-0.1, -0.05) is 67.6 Å². The standard InChI is InChI=1S/C24H30N2O3/c1-3-15-25(2)20-14-16-26(21(17-20)24(28)29)23(27)22(18-10-6-4-7-11-18)19-12-8-5-9-13-19/h4-13,20-22H,3,14-17H2,1-2H3,(H,28,29)/t20-,21+/m1/s1. The molecule has 0 saturated carbocycles. The monoisotopic (exact) mass is 394 g/mol. The molecule has 3 rings (SSSR count). The predicted molar refractivity (Wildman–Crippen MR) is 114 cm³/mol. The van der Waals surface area contributed by atoms with Crippen LogP contribution in [0.2, 0.25) is 0 Å². The quantitative estimate of drug-likeness (QED) is 0.779. The molecule has 2 aromatic rings. The van der Waals surface area contributed by atoms with Gasteiger partial charge in [-0.05, 0) is 44.0 Å². The zero-order valence-electron chi connectivity index (χ0n) is 17.2. The molecule has 0 unspecified atom stereocenters. The van der Waals surface area contributed by atoms with Crippen molar-refractivity contribution in [2.75, 3.05) is 20.1 Å². The number of piperidine rings is 1. The van der Waals surface area contributed by atoms with E-state index in [2.05, 4.69) is 11.8 Å². The van der Waals surface area contributed by atoms with Crippen LogP contribution < -0.4 is 0 Å². The van der Waals surface area contributed by atoms with Gasteiger partial charge in [0.05, 0.1) is 5.92 Å². The highest BCUT2D eigenvalue weighted by molar-refractivity contribution is 5.91. The number of aliphatic carboxylic acids is 1. The Morgan fingerprint density at radius 2 is 1.62 bits per heavy atom. The van der Waals surface area contributed by atoms with Gasteiger partial charge in [0.15, 0.2) is 0 Å². The summed E-state index contributed by atoms with van der Waals surface area (Å²) in [7, 11) is 2.04. The molecule has 1 aliphatic rings. The molecule has 0 radical (unpaired) electrons. The number of likely N-dealkylation sites (tertiary alicyclic amines) is 1. The second kappa shape index (κ2) is 9.70. The van der Waals surface area contributed by atoms with Crippen LogP contribution in [0.5, 0.6) is 0 Å². The van der Waals surface area contributed by atoms with Crippen LogP contribution in [0.15, 0.2) is 60.7 Å². The van der Waals surface area contributed by atoms with Gasteiger partial charge in [0.2, 0.25) is 5.91 Å². The Hall–Kier alpha value is -2.66. The van der Waals surface area contributed by atoms with Crippen molar-refractivity contribution in [3.63, 3.8) is 0 Å². The molecule has 1 heterocycles. The normalized spacial score (nSPS) is 19.5. The maximum atomic E-state index is 13.7. The second-order valence-electron chi connectivity index (χ2n) is 7.80. The molecule has 1 amide bonds. The fraction of sp³-hybridized carbons (Fsp3) is 0.417. The van der Waals surface area contributed by atoms with Crippen molar-refractivity contribution in [3.8, 4) is 0 Å².